The molecule has 0 atom stereocenters. The van der Waals surface area contributed by atoms with Gasteiger partial charge in [0.1, 0.15) is 11.5 Å². The van der Waals surface area contributed by atoms with Crippen LogP contribution in [-0.2, 0) is 18.4 Å². The third-order valence-electron chi connectivity index (χ3n) is 4.49. The first-order chi connectivity index (χ1) is 11.3. The molecule has 1 aliphatic rings. The quantitative estimate of drug-likeness (QED) is 0.897. The lowest BCUT2D eigenvalue weighted by Gasteiger charge is -2.15. The van der Waals surface area contributed by atoms with Gasteiger partial charge in [0.15, 0.2) is 0 Å². The summed E-state index contributed by atoms with van der Waals surface area (Å²) in [4.78, 5) is 13.1. The van der Waals surface area contributed by atoms with Crippen molar-refractivity contribution in [3.05, 3.63) is 46.9 Å². The highest BCUT2D eigenvalue weighted by Gasteiger charge is 2.23. The molecule has 0 radical (unpaired) electrons. The second-order valence-corrected chi connectivity index (χ2v) is 7.38. The Morgan fingerprint density at radius 1 is 1.33 bits per heavy atom. The molecule has 0 saturated carbocycles. The molecule has 3 N–H and O–H groups in total. The van der Waals surface area contributed by atoms with E-state index in [9.17, 15) is 4.79 Å². The number of carbonyl (C=O) groups is 1. The van der Waals surface area contributed by atoms with Crippen molar-refractivity contribution in [2.75, 3.05) is 16.8 Å². The predicted octanol–water partition coefficient (Wildman–Crippen LogP) is 3.94. The zero-order valence-corrected chi connectivity index (χ0v) is 14.8. The number of benzene rings is 1. The molecule has 0 bridgehead atoms. The predicted molar refractivity (Wildman–Crippen MR) is 96.5 cm³/mol. The maximum Gasteiger partial charge on any atom is 0.319 e. The van der Waals surface area contributed by atoms with Crippen LogP contribution in [0.2, 0.25) is 0 Å². The number of nitrogens with zero attached hydrogens (tertiary/aromatic N) is 1. The summed E-state index contributed by atoms with van der Waals surface area (Å²) in [5, 5.41) is 3.42. The van der Waals surface area contributed by atoms with Crippen LogP contribution >= 0.6 is 0 Å². The number of anilines is 2. The standard InChI is InChI=1S/C19H25N3O2/c1-12-14(9-17(24-12)19(2,3)4)11-21-15-6-5-13-7-8-22(18(20)23)16(13)10-15/h5-6,9-10,21H,7-8,11H2,1-4H3,(H2,20,23). The number of urea groups is 1. The Bertz CT molecular complexity index is 771. The Balaban J connectivity index is 1.75. The maximum atomic E-state index is 11.5. The first-order valence-electron chi connectivity index (χ1n) is 8.29. The van der Waals surface area contributed by atoms with Crippen LogP contribution in [0.25, 0.3) is 0 Å². The molecule has 2 aromatic rings. The summed E-state index contributed by atoms with van der Waals surface area (Å²) in [5.41, 5.74) is 9.63. The topological polar surface area (TPSA) is 71.5 Å². The van der Waals surface area contributed by atoms with Crippen LogP contribution in [0.3, 0.4) is 0 Å². The molecular weight excluding hydrogens is 302 g/mol. The Kier molecular flexibility index (Phi) is 4.03. The first-order valence-corrected chi connectivity index (χ1v) is 8.29. The van der Waals surface area contributed by atoms with Crippen molar-refractivity contribution in [3.63, 3.8) is 0 Å². The number of nitrogens with one attached hydrogen (secondary N) is 1. The molecule has 128 valence electrons. The van der Waals surface area contributed by atoms with Crippen molar-refractivity contribution < 1.29 is 9.21 Å². The summed E-state index contributed by atoms with van der Waals surface area (Å²) in [6.07, 6.45) is 0.855. The summed E-state index contributed by atoms with van der Waals surface area (Å²) in [5.74, 6) is 1.93. The van der Waals surface area contributed by atoms with Crippen LogP contribution in [0.1, 0.15) is 43.4 Å². The van der Waals surface area contributed by atoms with Crippen LogP contribution in [0.5, 0.6) is 0 Å². The monoisotopic (exact) mass is 327 g/mol. The molecule has 2 amide bonds. The molecule has 24 heavy (non-hydrogen) atoms. The Morgan fingerprint density at radius 3 is 2.71 bits per heavy atom. The fourth-order valence-corrected chi connectivity index (χ4v) is 2.98. The van der Waals surface area contributed by atoms with E-state index in [4.69, 9.17) is 10.2 Å². The van der Waals surface area contributed by atoms with Crippen LogP contribution in [0.15, 0.2) is 28.7 Å². The lowest BCUT2D eigenvalue weighted by Crippen LogP contribution is -2.33. The van der Waals surface area contributed by atoms with E-state index in [0.29, 0.717) is 13.1 Å². The summed E-state index contributed by atoms with van der Waals surface area (Å²) >= 11 is 0. The van der Waals surface area contributed by atoms with Crippen molar-refractivity contribution >= 4 is 17.4 Å². The SMILES string of the molecule is Cc1oc(C(C)(C)C)cc1CNc1ccc2c(c1)N(C(N)=O)CC2. The molecule has 0 unspecified atom stereocenters. The van der Waals surface area contributed by atoms with E-state index in [0.717, 1.165) is 40.4 Å². The van der Waals surface area contributed by atoms with Crippen LogP contribution < -0.4 is 16.0 Å². The fourth-order valence-electron chi connectivity index (χ4n) is 2.98. The normalized spacial score (nSPS) is 13.9. The minimum absolute atomic E-state index is 0.00142. The molecule has 0 saturated heterocycles. The molecule has 1 aromatic carbocycles. The van der Waals surface area contributed by atoms with Gasteiger partial charge in [-0.3, -0.25) is 4.90 Å². The van der Waals surface area contributed by atoms with Crippen molar-refractivity contribution in [3.8, 4) is 0 Å². The summed E-state index contributed by atoms with van der Waals surface area (Å²) in [7, 11) is 0. The van der Waals surface area contributed by atoms with Gasteiger partial charge in [-0.1, -0.05) is 26.8 Å². The van der Waals surface area contributed by atoms with E-state index in [-0.39, 0.29) is 5.41 Å². The number of primary amides is 1. The third-order valence-corrected chi connectivity index (χ3v) is 4.49. The number of hydrogen-bond acceptors (Lipinski definition) is 3. The van der Waals surface area contributed by atoms with Crippen LogP contribution in [0, 0.1) is 6.92 Å². The zero-order valence-electron chi connectivity index (χ0n) is 14.8. The molecule has 0 fully saturated rings. The third kappa shape index (κ3) is 3.11. The van der Waals surface area contributed by atoms with Gasteiger partial charge in [0.05, 0.1) is 5.69 Å². The Hall–Kier alpha value is -2.43. The van der Waals surface area contributed by atoms with Crippen molar-refractivity contribution in [1.82, 2.24) is 0 Å². The van der Waals surface area contributed by atoms with Gasteiger partial charge >= 0.3 is 6.03 Å². The van der Waals surface area contributed by atoms with Gasteiger partial charge in [0.2, 0.25) is 0 Å². The van der Waals surface area contributed by atoms with E-state index < -0.39 is 6.03 Å². The number of hydrogen-bond donors (Lipinski definition) is 2. The summed E-state index contributed by atoms with van der Waals surface area (Å²) in [6, 6.07) is 7.82. The molecule has 1 aromatic heterocycles. The number of amides is 2. The zero-order chi connectivity index (χ0) is 17.5. The van der Waals surface area contributed by atoms with Gasteiger partial charge < -0.3 is 15.5 Å². The molecule has 2 heterocycles. The molecule has 1 aliphatic heterocycles. The highest BCUT2D eigenvalue weighted by molar-refractivity contribution is 5.93. The summed E-state index contributed by atoms with van der Waals surface area (Å²) in [6.45, 7) is 9.75. The average Bonchev–Trinajstić information content (AvgIpc) is 3.07. The number of nitrogens with two attached hydrogens (primary N) is 1. The largest absolute Gasteiger partial charge is 0.465 e. The number of fused-ring (bicyclic) bond motifs is 1. The van der Waals surface area contributed by atoms with Crippen molar-refractivity contribution in [2.24, 2.45) is 5.73 Å². The number of aryl methyl sites for hydroxylation is 1. The second-order valence-electron chi connectivity index (χ2n) is 7.38. The van der Waals surface area contributed by atoms with E-state index >= 15 is 0 Å². The van der Waals surface area contributed by atoms with Gasteiger partial charge in [0, 0.05) is 29.8 Å². The maximum absolute atomic E-state index is 11.5. The molecular formula is C19H25N3O2. The molecule has 0 aliphatic carbocycles. The smallest absolute Gasteiger partial charge is 0.319 e. The number of furan rings is 1. The average molecular weight is 327 g/mol. The van der Waals surface area contributed by atoms with Crippen LogP contribution in [-0.4, -0.2) is 12.6 Å². The van der Waals surface area contributed by atoms with E-state index in [2.05, 4.69) is 38.2 Å². The minimum atomic E-state index is -0.397. The van der Waals surface area contributed by atoms with Gasteiger partial charge in [-0.25, -0.2) is 4.79 Å². The van der Waals surface area contributed by atoms with E-state index in [1.165, 1.54) is 0 Å². The number of rotatable bonds is 3. The van der Waals surface area contributed by atoms with E-state index in [1.54, 1.807) is 4.90 Å². The molecule has 3 rings (SSSR count). The summed E-state index contributed by atoms with van der Waals surface area (Å²) < 4.78 is 5.88. The highest BCUT2D eigenvalue weighted by Crippen LogP contribution is 2.31. The molecule has 5 nitrogen and oxygen atoms in total. The van der Waals surface area contributed by atoms with Gasteiger partial charge in [-0.15, -0.1) is 0 Å². The van der Waals surface area contributed by atoms with E-state index in [1.807, 2.05) is 19.1 Å². The Morgan fingerprint density at radius 2 is 2.08 bits per heavy atom. The lowest BCUT2D eigenvalue weighted by atomic mass is 9.93. The number of carbonyl (C=O) groups excluding carboxylic acids is 1. The van der Waals surface area contributed by atoms with Gasteiger partial charge in [-0.2, -0.15) is 0 Å². The second kappa shape index (κ2) is 5.89. The molecule has 5 heteroatoms. The van der Waals surface area contributed by atoms with Crippen LogP contribution in [0.4, 0.5) is 16.2 Å². The fraction of sp³-hybridized carbons (Fsp3) is 0.421. The lowest BCUT2D eigenvalue weighted by molar-refractivity contribution is 0.254. The minimum Gasteiger partial charge on any atom is -0.465 e. The first kappa shape index (κ1) is 16.4. The Labute approximate surface area is 142 Å². The van der Waals surface area contributed by atoms with Gasteiger partial charge in [-0.05, 0) is 37.1 Å². The van der Waals surface area contributed by atoms with Crippen molar-refractivity contribution in [1.29, 1.82) is 0 Å². The molecule has 0 spiro atoms. The highest BCUT2D eigenvalue weighted by atomic mass is 16.3. The van der Waals surface area contributed by atoms with Gasteiger partial charge in [0.25, 0.3) is 0 Å². The van der Waals surface area contributed by atoms with Crippen molar-refractivity contribution in [2.45, 2.75) is 46.1 Å².